The van der Waals surface area contributed by atoms with E-state index in [9.17, 15) is 0 Å². The van der Waals surface area contributed by atoms with E-state index in [0.29, 0.717) is 0 Å². The third kappa shape index (κ3) is 4.65. The van der Waals surface area contributed by atoms with Crippen molar-refractivity contribution in [1.82, 2.24) is 4.90 Å². The van der Waals surface area contributed by atoms with Crippen LogP contribution in [0.1, 0.15) is 45.4 Å². The van der Waals surface area contributed by atoms with E-state index in [-0.39, 0.29) is 0 Å². The van der Waals surface area contributed by atoms with Crippen LogP contribution in [-0.4, -0.2) is 30.4 Å². The van der Waals surface area contributed by atoms with Gasteiger partial charge in [0.2, 0.25) is 0 Å². The largest absolute Gasteiger partial charge is 0.303 e. The molecule has 0 bridgehead atoms. The highest BCUT2D eigenvalue weighted by Crippen LogP contribution is 2.19. The predicted octanol–water partition coefficient (Wildman–Crippen LogP) is 3.52. The van der Waals surface area contributed by atoms with Crippen molar-refractivity contribution in [3.8, 4) is 0 Å². The first kappa shape index (κ1) is 12.3. The smallest absolute Gasteiger partial charge is 0.0223 e. The van der Waals surface area contributed by atoms with Crippen molar-refractivity contribution < 1.29 is 0 Å². The lowest BCUT2D eigenvalue weighted by molar-refractivity contribution is 0.313. The zero-order valence-electron chi connectivity index (χ0n) is 9.47. The second-order valence-electron chi connectivity index (χ2n) is 4.47. The van der Waals surface area contributed by atoms with Gasteiger partial charge in [-0.3, -0.25) is 0 Å². The minimum atomic E-state index is 0.835. The SMILES string of the molecule is CCC1CCN(CCCCCCCl)C1. The highest BCUT2D eigenvalue weighted by molar-refractivity contribution is 6.17. The van der Waals surface area contributed by atoms with Gasteiger partial charge in [0, 0.05) is 12.4 Å². The average Bonchev–Trinajstić information content (AvgIpc) is 2.65. The number of hydrogen-bond donors (Lipinski definition) is 0. The minimum absolute atomic E-state index is 0.835. The number of hydrogen-bond acceptors (Lipinski definition) is 1. The minimum Gasteiger partial charge on any atom is -0.303 e. The van der Waals surface area contributed by atoms with E-state index in [4.69, 9.17) is 11.6 Å². The Bertz CT molecular complexity index is 138. The lowest BCUT2D eigenvalue weighted by Crippen LogP contribution is -2.21. The summed E-state index contributed by atoms with van der Waals surface area (Å²) in [6.45, 7) is 6.33. The molecule has 0 amide bonds. The maximum atomic E-state index is 5.64. The second kappa shape index (κ2) is 7.53. The molecule has 1 aliphatic heterocycles. The molecule has 0 radical (unpaired) electrons. The number of halogens is 1. The third-order valence-corrected chi connectivity index (χ3v) is 3.57. The van der Waals surface area contributed by atoms with Gasteiger partial charge in [0.05, 0.1) is 0 Å². The summed E-state index contributed by atoms with van der Waals surface area (Å²) in [6.07, 6.45) is 8.03. The van der Waals surface area contributed by atoms with Gasteiger partial charge in [0.1, 0.15) is 0 Å². The molecule has 0 aromatic rings. The fourth-order valence-corrected chi connectivity index (χ4v) is 2.42. The maximum Gasteiger partial charge on any atom is 0.0223 e. The van der Waals surface area contributed by atoms with Crippen LogP contribution in [-0.2, 0) is 0 Å². The molecule has 0 spiro atoms. The molecule has 1 rings (SSSR count). The zero-order chi connectivity index (χ0) is 10.2. The maximum absolute atomic E-state index is 5.64. The Morgan fingerprint density at radius 2 is 2.00 bits per heavy atom. The first-order valence-electron chi connectivity index (χ1n) is 6.15. The van der Waals surface area contributed by atoms with Crippen LogP contribution in [0.15, 0.2) is 0 Å². The van der Waals surface area contributed by atoms with Gasteiger partial charge >= 0.3 is 0 Å². The number of likely N-dealkylation sites (tertiary alicyclic amines) is 1. The molecule has 14 heavy (non-hydrogen) atoms. The summed E-state index contributed by atoms with van der Waals surface area (Å²) in [4.78, 5) is 2.63. The van der Waals surface area contributed by atoms with Crippen LogP contribution in [0.5, 0.6) is 0 Å². The number of unbranched alkanes of at least 4 members (excludes halogenated alkanes) is 3. The van der Waals surface area contributed by atoms with Gasteiger partial charge in [-0.2, -0.15) is 0 Å². The Balaban J connectivity index is 1.92. The topological polar surface area (TPSA) is 3.24 Å². The van der Waals surface area contributed by atoms with Crippen LogP contribution >= 0.6 is 11.6 Å². The van der Waals surface area contributed by atoms with Crippen molar-refractivity contribution >= 4 is 11.6 Å². The third-order valence-electron chi connectivity index (χ3n) is 3.31. The van der Waals surface area contributed by atoms with Crippen molar-refractivity contribution in [1.29, 1.82) is 0 Å². The first-order valence-corrected chi connectivity index (χ1v) is 6.68. The standard InChI is InChI=1S/C12H24ClN/c1-2-12-7-10-14(11-12)9-6-4-3-5-8-13/h12H,2-11H2,1H3. The van der Waals surface area contributed by atoms with E-state index in [1.165, 1.54) is 58.2 Å². The molecule has 1 atom stereocenters. The van der Waals surface area contributed by atoms with Crippen LogP contribution in [0.25, 0.3) is 0 Å². The van der Waals surface area contributed by atoms with Crippen molar-refractivity contribution in [3.63, 3.8) is 0 Å². The lowest BCUT2D eigenvalue weighted by atomic mass is 10.1. The van der Waals surface area contributed by atoms with Crippen LogP contribution in [0.4, 0.5) is 0 Å². The van der Waals surface area contributed by atoms with Crippen molar-refractivity contribution in [2.75, 3.05) is 25.5 Å². The summed E-state index contributed by atoms with van der Waals surface area (Å²) in [6, 6.07) is 0. The number of alkyl halides is 1. The molecular weight excluding hydrogens is 194 g/mol. The van der Waals surface area contributed by atoms with Gasteiger partial charge in [0.25, 0.3) is 0 Å². The molecule has 0 aromatic carbocycles. The summed E-state index contributed by atoms with van der Waals surface area (Å²) < 4.78 is 0. The quantitative estimate of drug-likeness (QED) is 0.466. The highest BCUT2D eigenvalue weighted by atomic mass is 35.5. The predicted molar refractivity (Wildman–Crippen MR) is 64.0 cm³/mol. The molecule has 1 aliphatic rings. The molecule has 2 heteroatoms. The second-order valence-corrected chi connectivity index (χ2v) is 4.84. The first-order chi connectivity index (χ1) is 6.86. The molecule has 0 N–H and O–H groups in total. The Labute approximate surface area is 93.8 Å². The van der Waals surface area contributed by atoms with Gasteiger partial charge in [-0.1, -0.05) is 26.2 Å². The fraction of sp³-hybridized carbons (Fsp3) is 1.00. The Kier molecular flexibility index (Phi) is 6.63. The van der Waals surface area contributed by atoms with Crippen molar-refractivity contribution in [2.24, 2.45) is 5.92 Å². The van der Waals surface area contributed by atoms with E-state index in [2.05, 4.69) is 11.8 Å². The number of rotatable bonds is 7. The molecule has 0 aromatic heterocycles. The normalized spacial score (nSPS) is 23.1. The monoisotopic (exact) mass is 217 g/mol. The van der Waals surface area contributed by atoms with Crippen molar-refractivity contribution in [3.05, 3.63) is 0 Å². The molecule has 1 fully saturated rings. The van der Waals surface area contributed by atoms with Crippen LogP contribution in [0.2, 0.25) is 0 Å². The van der Waals surface area contributed by atoms with E-state index in [1.54, 1.807) is 0 Å². The molecule has 1 saturated heterocycles. The summed E-state index contributed by atoms with van der Waals surface area (Å²) in [5.74, 6) is 1.82. The molecule has 0 saturated carbocycles. The van der Waals surface area contributed by atoms with E-state index < -0.39 is 0 Å². The Morgan fingerprint density at radius 3 is 2.64 bits per heavy atom. The summed E-state index contributed by atoms with van der Waals surface area (Å²) >= 11 is 5.64. The van der Waals surface area contributed by atoms with E-state index in [1.807, 2.05) is 0 Å². The Morgan fingerprint density at radius 1 is 1.21 bits per heavy atom. The van der Waals surface area contributed by atoms with Gasteiger partial charge in [-0.15, -0.1) is 11.6 Å². The molecular formula is C12H24ClN. The van der Waals surface area contributed by atoms with Gasteiger partial charge in [0.15, 0.2) is 0 Å². The van der Waals surface area contributed by atoms with Gasteiger partial charge < -0.3 is 4.90 Å². The van der Waals surface area contributed by atoms with Crippen LogP contribution in [0, 0.1) is 5.92 Å². The van der Waals surface area contributed by atoms with E-state index >= 15 is 0 Å². The van der Waals surface area contributed by atoms with Gasteiger partial charge in [-0.05, 0) is 38.3 Å². The average molecular weight is 218 g/mol. The molecule has 1 heterocycles. The van der Waals surface area contributed by atoms with E-state index in [0.717, 1.165) is 11.8 Å². The molecule has 84 valence electrons. The molecule has 1 nitrogen and oxygen atoms in total. The highest BCUT2D eigenvalue weighted by Gasteiger charge is 2.19. The fourth-order valence-electron chi connectivity index (χ4n) is 2.23. The number of nitrogens with zero attached hydrogens (tertiary/aromatic N) is 1. The summed E-state index contributed by atoms with van der Waals surface area (Å²) in [5, 5.41) is 0. The van der Waals surface area contributed by atoms with Crippen molar-refractivity contribution in [2.45, 2.75) is 45.4 Å². The molecule has 0 aliphatic carbocycles. The van der Waals surface area contributed by atoms with Crippen LogP contribution in [0.3, 0.4) is 0 Å². The Hall–Kier alpha value is 0.250. The van der Waals surface area contributed by atoms with Crippen LogP contribution < -0.4 is 0 Å². The lowest BCUT2D eigenvalue weighted by Gasteiger charge is -2.15. The summed E-state index contributed by atoms with van der Waals surface area (Å²) in [7, 11) is 0. The molecule has 1 unspecified atom stereocenters. The summed E-state index contributed by atoms with van der Waals surface area (Å²) in [5.41, 5.74) is 0. The zero-order valence-corrected chi connectivity index (χ0v) is 10.2. The van der Waals surface area contributed by atoms with Gasteiger partial charge in [-0.25, -0.2) is 0 Å².